The van der Waals surface area contributed by atoms with Crippen LogP contribution in [0.5, 0.6) is 0 Å². The lowest BCUT2D eigenvalue weighted by molar-refractivity contribution is -0.375. The summed E-state index contributed by atoms with van der Waals surface area (Å²) >= 11 is 1.30. The van der Waals surface area contributed by atoms with Gasteiger partial charge < -0.3 is 4.18 Å². The van der Waals surface area contributed by atoms with E-state index in [1.807, 2.05) is 5.41 Å². The van der Waals surface area contributed by atoms with Crippen LogP contribution in [-0.4, -0.2) is 6.40 Å². The molecule has 1 rings (SSSR count). The monoisotopic (exact) mass is 102 g/mol. The molecule has 0 aliphatic carbocycles. The molecule has 3 heteroatoms. The van der Waals surface area contributed by atoms with Crippen molar-refractivity contribution in [3.05, 3.63) is 11.6 Å². The van der Waals surface area contributed by atoms with Crippen molar-refractivity contribution >= 4 is 18.4 Å². The lowest BCUT2D eigenvalue weighted by Gasteiger charge is -1.85. The molecule has 0 aromatic heterocycles. The summed E-state index contributed by atoms with van der Waals surface area (Å²) in [5, 5.41) is 1.82. The molecule has 0 aromatic rings. The summed E-state index contributed by atoms with van der Waals surface area (Å²) in [7, 11) is 0. The molecule has 1 aliphatic rings. The van der Waals surface area contributed by atoms with Crippen LogP contribution in [0, 0.1) is 0 Å². The van der Waals surface area contributed by atoms with Gasteiger partial charge in [-0.2, -0.15) is 4.99 Å². The SMILES string of the molecule is C1=CSOC=[NH+]1. The van der Waals surface area contributed by atoms with E-state index in [0.717, 1.165) is 0 Å². The Kier molecular flexibility index (Phi) is 1.17. The van der Waals surface area contributed by atoms with Gasteiger partial charge in [0.1, 0.15) is 0 Å². The van der Waals surface area contributed by atoms with Crippen LogP contribution in [0.1, 0.15) is 0 Å². The van der Waals surface area contributed by atoms with Gasteiger partial charge in [-0.3, -0.25) is 0 Å². The average molecular weight is 102 g/mol. The molecule has 2 nitrogen and oxygen atoms in total. The second kappa shape index (κ2) is 1.87. The Morgan fingerprint density at radius 2 is 2.67 bits per heavy atom. The molecule has 0 radical (unpaired) electrons. The molecule has 0 fully saturated rings. The largest absolute Gasteiger partial charge is 0.371 e. The first-order valence-corrected chi connectivity index (χ1v) is 2.35. The maximum absolute atomic E-state index is 4.66. The Morgan fingerprint density at radius 1 is 1.67 bits per heavy atom. The Balaban J connectivity index is 2.46. The van der Waals surface area contributed by atoms with E-state index in [9.17, 15) is 0 Å². The molecule has 32 valence electrons. The lowest BCUT2D eigenvalue weighted by Crippen LogP contribution is -2.62. The zero-order valence-corrected chi connectivity index (χ0v) is 3.87. The van der Waals surface area contributed by atoms with Crippen LogP contribution in [0.3, 0.4) is 0 Å². The molecule has 0 amide bonds. The van der Waals surface area contributed by atoms with E-state index in [4.69, 9.17) is 0 Å². The van der Waals surface area contributed by atoms with Crippen LogP contribution in [0.25, 0.3) is 0 Å². The molecule has 6 heavy (non-hydrogen) atoms. The fourth-order valence-electron chi connectivity index (χ4n) is 0.194. The maximum atomic E-state index is 4.66. The van der Waals surface area contributed by atoms with Gasteiger partial charge in [-0.25, -0.2) is 0 Å². The van der Waals surface area contributed by atoms with Crippen molar-refractivity contribution in [2.24, 2.45) is 0 Å². The summed E-state index contributed by atoms with van der Waals surface area (Å²) in [6.07, 6.45) is 3.32. The van der Waals surface area contributed by atoms with Crippen molar-refractivity contribution in [1.82, 2.24) is 0 Å². The average Bonchev–Trinajstić information content (AvgIpc) is 1.72. The molecule has 0 spiro atoms. The molecule has 0 saturated carbocycles. The maximum Gasteiger partial charge on any atom is 0.340 e. The third kappa shape index (κ3) is 0.755. The third-order valence-corrected chi connectivity index (χ3v) is 0.846. The summed E-state index contributed by atoms with van der Waals surface area (Å²) in [5.41, 5.74) is 0. The molecule has 0 bridgehead atoms. The summed E-state index contributed by atoms with van der Waals surface area (Å²) in [5.74, 6) is 0. The van der Waals surface area contributed by atoms with Gasteiger partial charge in [-0.05, 0) is 0 Å². The Labute approximate surface area is 40.1 Å². The zero-order valence-electron chi connectivity index (χ0n) is 3.05. The molecular formula is C3H4NOS+. The smallest absolute Gasteiger partial charge is 0.340 e. The van der Waals surface area contributed by atoms with Crippen molar-refractivity contribution in [2.75, 3.05) is 0 Å². The molecule has 1 heterocycles. The molecule has 0 unspecified atom stereocenters. The molecule has 0 atom stereocenters. The van der Waals surface area contributed by atoms with E-state index in [0.29, 0.717) is 0 Å². The summed E-state index contributed by atoms with van der Waals surface area (Å²) in [4.78, 5) is 2.74. The summed E-state index contributed by atoms with van der Waals surface area (Å²) in [6.45, 7) is 0. The van der Waals surface area contributed by atoms with Crippen molar-refractivity contribution in [1.29, 1.82) is 0 Å². The van der Waals surface area contributed by atoms with Gasteiger partial charge >= 0.3 is 6.40 Å². The van der Waals surface area contributed by atoms with Crippen LogP contribution in [0.15, 0.2) is 11.6 Å². The van der Waals surface area contributed by atoms with Gasteiger partial charge in [0.05, 0.1) is 17.5 Å². The Hall–Kier alpha value is -0.440. The lowest BCUT2D eigenvalue weighted by atomic mass is 11.0. The second-order valence-electron chi connectivity index (χ2n) is 0.780. The van der Waals surface area contributed by atoms with E-state index in [-0.39, 0.29) is 0 Å². The van der Waals surface area contributed by atoms with Gasteiger partial charge in [-0.1, -0.05) is 0 Å². The first-order chi connectivity index (χ1) is 3.00. The van der Waals surface area contributed by atoms with E-state index < -0.39 is 0 Å². The van der Waals surface area contributed by atoms with Gasteiger partial charge in [0, 0.05) is 0 Å². The second-order valence-corrected chi connectivity index (χ2v) is 1.44. The highest BCUT2D eigenvalue weighted by atomic mass is 32.2. The zero-order chi connectivity index (χ0) is 4.24. The molecule has 0 aromatic carbocycles. The van der Waals surface area contributed by atoms with Gasteiger partial charge in [0.2, 0.25) is 0 Å². The Morgan fingerprint density at radius 3 is 2.83 bits per heavy atom. The van der Waals surface area contributed by atoms with Gasteiger partial charge in [0.15, 0.2) is 6.20 Å². The highest BCUT2D eigenvalue weighted by molar-refractivity contribution is 7.97. The minimum atomic E-state index is 1.30. The Bertz CT molecular complexity index is 76.8. The van der Waals surface area contributed by atoms with Gasteiger partial charge in [0.25, 0.3) is 0 Å². The van der Waals surface area contributed by atoms with Crippen LogP contribution in [0.4, 0.5) is 0 Å². The normalized spacial score (nSPS) is 17.3. The van der Waals surface area contributed by atoms with Crippen LogP contribution >= 0.6 is 12.0 Å². The highest BCUT2D eigenvalue weighted by Crippen LogP contribution is 1.98. The van der Waals surface area contributed by atoms with Crippen molar-refractivity contribution < 1.29 is 9.18 Å². The topological polar surface area (TPSA) is 23.2 Å². The van der Waals surface area contributed by atoms with Crippen LogP contribution in [-0.2, 0) is 4.18 Å². The summed E-state index contributed by atoms with van der Waals surface area (Å²) in [6, 6.07) is 0. The molecule has 1 N–H and O–H groups in total. The standard InChI is InChI=1S/C3H3NOS/c1-2-6-5-3-4-1/h1-3H/p+1. The third-order valence-electron chi connectivity index (χ3n) is 0.392. The highest BCUT2D eigenvalue weighted by Gasteiger charge is 1.85. The van der Waals surface area contributed by atoms with Crippen molar-refractivity contribution in [2.45, 2.75) is 0 Å². The minimum absolute atomic E-state index is 1.30. The fourth-order valence-corrected chi connectivity index (χ4v) is 0.503. The fraction of sp³-hybridized carbons (Fsp3) is 0. The first-order valence-electron chi connectivity index (χ1n) is 1.55. The van der Waals surface area contributed by atoms with E-state index in [1.165, 1.54) is 18.4 Å². The minimum Gasteiger partial charge on any atom is -0.371 e. The number of nitrogens with one attached hydrogen (secondary N) is 1. The van der Waals surface area contributed by atoms with Crippen LogP contribution < -0.4 is 4.99 Å². The first kappa shape index (κ1) is 3.74. The van der Waals surface area contributed by atoms with E-state index in [2.05, 4.69) is 9.18 Å². The molecular weight excluding hydrogens is 98.1 g/mol. The predicted molar refractivity (Wildman–Crippen MR) is 24.8 cm³/mol. The number of hydrogen-bond acceptors (Lipinski definition) is 2. The van der Waals surface area contributed by atoms with Crippen molar-refractivity contribution in [3.8, 4) is 0 Å². The van der Waals surface area contributed by atoms with Crippen LogP contribution in [0.2, 0.25) is 0 Å². The van der Waals surface area contributed by atoms with E-state index in [1.54, 1.807) is 6.20 Å². The number of rotatable bonds is 0. The van der Waals surface area contributed by atoms with E-state index >= 15 is 0 Å². The van der Waals surface area contributed by atoms with Crippen molar-refractivity contribution in [3.63, 3.8) is 0 Å². The molecule has 0 saturated heterocycles. The predicted octanol–water partition coefficient (Wildman–Crippen LogP) is -0.755. The van der Waals surface area contributed by atoms with Gasteiger partial charge in [-0.15, -0.1) is 0 Å². The molecule has 1 aliphatic heterocycles. The number of hydrogen-bond donors (Lipinski definition) is 1. The summed E-state index contributed by atoms with van der Waals surface area (Å²) < 4.78 is 4.66. The quantitative estimate of drug-likeness (QED) is 0.406.